The van der Waals surface area contributed by atoms with Gasteiger partial charge >= 0.3 is 0 Å². The smallest absolute Gasteiger partial charge is 0.217 e. The van der Waals surface area contributed by atoms with Crippen LogP contribution in [0.5, 0.6) is 11.6 Å². The minimum atomic E-state index is 0.499. The molecule has 1 aliphatic heterocycles. The lowest BCUT2D eigenvalue weighted by atomic mass is 9.81. The number of aromatic nitrogens is 1. The molecule has 3 nitrogen and oxygen atoms in total. The minimum absolute atomic E-state index is 0.499. The number of hydrogen-bond donors (Lipinski definition) is 0. The van der Waals surface area contributed by atoms with E-state index in [0.717, 1.165) is 30.3 Å². The number of nitrogens with zero attached hydrogens (tertiary/aromatic N) is 1. The molecule has 2 heterocycles. The van der Waals surface area contributed by atoms with Crippen molar-refractivity contribution in [2.24, 2.45) is 0 Å². The summed E-state index contributed by atoms with van der Waals surface area (Å²) in [6, 6.07) is 13.6. The van der Waals surface area contributed by atoms with Crippen LogP contribution in [-0.2, 0) is 13.0 Å². The van der Waals surface area contributed by atoms with Gasteiger partial charge in [0.25, 0.3) is 0 Å². The zero-order chi connectivity index (χ0) is 22.1. The zero-order valence-corrected chi connectivity index (χ0v) is 19.5. The van der Waals surface area contributed by atoms with E-state index in [-0.39, 0.29) is 0 Å². The highest BCUT2D eigenvalue weighted by molar-refractivity contribution is 5.72. The van der Waals surface area contributed by atoms with Crippen LogP contribution in [0.1, 0.15) is 71.4 Å². The third-order valence-electron chi connectivity index (χ3n) is 6.99. The van der Waals surface area contributed by atoms with Crippen LogP contribution < -0.4 is 9.47 Å². The summed E-state index contributed by atoms with van der Waals surface area (Å²) in [6.07, 6.45) is 9.63. The molecule has 2 aliphatic rings. The van der Waals surface area contributed by atoms with Gasteiger partial charge in [0.15, 0.2) is 0 Å². The number of ether oxygens (including phenoxy) is 2. The Kier molecular flexibility index (Phi) is 5.91. The first-order valence-corrected chi connectivity index (χ1v) is 12.0. The van der Waals surface area contributed by atoms with E-state index in [1.165, 1.54) is 71.0 Å². The quantitative estimate of drug-likeness (QED) is 0.430. The third-order valence-corrected chi connectivity index (χ3v) is 6.99. The van der Waals surface area contributed by atoms with Gasteiger partial charge in [-0.2, -0.15) is 0 Å². The molecule has 1 aliphatic carbocycles. The average Bonchev–Trinajstić information content (AvgIpc) is 3.25. The highest BCUT2D eigenvalue weighted by atomic mass is 16.5. The highest BCUT2D eigenvalue weighted by Gasteiger charge is 2.18. The number of benzene rings is 2. The molecule has 0 saturated heterocycles. The number of fused-ring (bicyclic) bond motifs is 1. The van der Waals surface area contributed by atoms with Gasteiger partial charge in [0, 0.05) is 24.2 Å². The van der Waals surface area contributed by atoms with E-state index in [0.29, 0.717) is 12.5 Å². The summed E-state index contributed by atoms with van der Waals surface area (Å²) in [7, 11) is 0. The monoisotopic (exact) mass is 427 g/mol. The van der Waals surface area contributed by atoms with Gasteiger partial charge in [-0.15, -0.1) is 0 Å². The fourth-order valence-electron chi connectivity index (χ4n) is 5.49. The molecule has 0 N–H and O–H groups in total. The van der Waals surface area contributed by atoms with Crippen LogP contribution in [0.4, 0.5) is 0 Å². The maximum atomic E-state index is 6.03. The van der Waals surface area contributed by atoms with Gasteiger partial charge in [-0.1, -0.05) is 49.1 Å². The first-order chi connectivity index (χ1) is 15.6. The normalized spacial score (nSPS) is 16.0. The molecule has 1 saturated carbocycles. The van der Waals surface area contributed by atoms with Crippen molar-refractivity contribution in [1.29, 1.82) is 0 Å². The molecule has 0 bridgehead atoms. The van der Waals surface area contributed by atoms with Gasteiger partial charge in [0.2, 0.25) is 5.88 Å². The van der Waals surface area contributed by atoms with Gasteiger partial charge < -0.3 is 9.47 Å². The molecule has 5 rings (SSSR count). The predicted octanol–water partition coefficient (Wildman–Crippen LogP) is 7.24. The van der Waals surface area contributed by atoms with E-state index in [1.54, 1.807) is 0 Å². The van der Waals surface area contributed by atoms with E-state index in [2.05, 4.69) is 56.1 Å². The van der Waals surface area contributed by atoms with Crippen molar-refractivity contribution in [3.05, 3.63) is 76.0 Å². The summed E-state index contributed by atoms with van der Waals surface area (Å²) in [4.78, 5) is 4.45. The summed E-state index contributed by atoms with van der Waals surface area (Å²) in [5, 5.41) is 0. The molecule has 1 fully saturated rings. The molecule has 0 atom stereocenters. The Morgan fingerprint density at radius 1 is 0.938 bits per heavy atom. The molecule has 3 aromatic rings. The van der Waals surface area contributed by atoms with Crippen molar-refractivity contribution < 1.29 is 9.47 Å². The number of pyridine rings is 1. The van der Waals surface area contributed by atoms with Crippen LogP contribution in [0, 0.1) is 20.8 Å². The topological polar surface area (TPSA) is 31.4 Å². The van der Waals surface area contributed by atoms with Crippen LogP contribution in [0.3, 0.4) is 0 Å². The Hall–Kier alpha value is -2.81. The summed E-state index contributed by atoms with van der Waals surface area (Å²) in [5.74, 6) is 2.27. The van der Waals surface area contributed by atoms with Crippen LogP contribution >= 0.6 is 0 Å². The van der Waals surface area contributed by atoms with E-state index in [9.17, 15) is 0 Å². The Morgan fingerprint density at radius 2 is 1.72 bits per heavy atom. The first kappa shape index (κ1) is 21.1. The molecule has 0 spiro atoms. The molecule has 32 heavy (non-hydrogen) atoms. The van der Waals surface area contributed by atoms with Crippen molar-refractivity contribution in [1.82, 2.24) is 4.98 Å². The van der Waals surface area contributed by atoms with Crippen LogP contribution in [-0.4, -0.2) is 11.6 Å². The van der Waals surface area contributed by atoms with E-state index in [1.807, 2.05) is 12.3 Å². The fraction of sp³-hybridized carbons (Fsp3) is 0.414. The Balaban J connectivity index is 1.38. The van der Waals surface area contributed by atoms with Crippen LogP contribution in [0.2, 0.25) is 0 Å². The SMILES string of the molecule is Cc1cc(COc2cc3c(cn2)CCO3)cc(-c2c(C)cc(C3CCCCC3)cc2C)c1. The van der Waals surface area contributed by atoms with Gasteiger partial charge in [-0.05, 0) is 79.0 Å². The molecule has 166 valence electrons. The van der Waals surface area contributed by atoms with Crippen molar-refractivity contribution in [3.63, 3.8) is 0 Å². The second-order valence-electron chi connectivity index (χ2n) is 9.59. The summed E-state index contributed by atoms with van der Waals surface area (Å²) < 4.78 is 11.7. The second kappa shape index (κ2) is 8.97. The summed E-state index contributed by atoms with van der Waals surface area (Å²) in [6.45, 7) is 7.93. The van der Waals surface area contributed by atoms with Crippen molar-refractivity contribution in [3.8, 4) is 22.8 Å². The number of hydrogen-bond acceptors (Lipinski definition) is 3. The first-order valence-electron chi connectivity index (χ1n) is 12.0. The fourth-order valence-corrected chi connectivity index (χ4v) is 5.49. The Morgan fingerprint density at radius 3 is 2.50 bits per heavy atom. The third kappa shape index (κ3) is 4.39. The predicted molar refractivity (Wildman–Crippen MR) is 130 cm³/mol. The molecule has 0 amide bonds. The molecule has 3 heteroatoms. The summed E-state index contributed by atoms with van der Waals surface area (Å²) in [5.41, 5.74) is 10.5. The van der Waals surface area contributed by atoms with Gasteiger partial charge in [0.05, 0.1) is 6.61 Å². The van der Waals surface area contributed by atoms with Crippen LogP contribution in [0.15, 0.2) is 42.6 Å². The summed E-state index contributed by atoms with van der Waals surface area (Å²) >= 11 is 0. The van der Waals surface area contributed by atoms with Gasteiger partial charge in [-0.25, -0.2) is 4.98 Å². The lowest BCUT2D eigenvalue weighted by molar-refractivity contribution is 0.290. The average molecular weight is 428 g/mol. The molecule has 2 aromatic carbocycles. The zero-order valence-electron chi connectivity index (χ0n) is 19.5. The van der Waals surface area contributed by atoms with E-state index in [4.69, 9.17) is 9.47 Å². The molecule has 1 aromatic heterocycles. The van der Waals surface area contributed by atoms with Gasteiger partial charge in [0.1, 0.15) is 12.4 Å². The van der Waals surface area contributed by atoms with E-state index >= 15 is 0 Å². The van der Waals surface area contributed by atoms with Crippen LogP contribution in [0.25, 0.3) is 11.1 Å². The maximum Gasteiger partial charge on any atom is 0.217 e. The lowest BCUT2D eigenvalue weighted by Gasteiger charge is -2.24. The number of aryl methyl sites for hydroxylation is 3. The maximum absolute atomic E-state index is 6.03. The van der Waals surface area contributed by atoms with Crippen molar-refractivity contribution >= 4 is 0 Å². The standard InChI is InChI=1S/C29H33NO2/c1-19-11-22(18-32-28-16-27-24(17-30-28)9-10-31-27)15-26(12-19)29-20(2)13-25(14-21(29)3)23-7-5-4-6-8-23/h11-17,23H,4-10,18H2,1-3H3. The molecular weight excluding hydrogens is 394 g/mol. The van der Waals surface area contributed by atoms with Crippen molar-refractivity contribution in [2.75, 3.05) is 6.61 Å². The molecular formula is C29H33NO2. The molecule has 0 radical (unpaired) electrons. The molecule has 0 unspecified atom stereocenters. The van der Waals surface area contributed by atoms with Crippen molar-refractivity contribution in [2.45, 2.75) is 71.8 Å². The van der Waals surface area contributed by atoms with E-state index < -0.39 is 0 Å². The largest absolute Gasteiger partial charge is 0.493 e. The van der Waals surface area contributed by atoms with Gasteiger partial charge in [-0.3, -0.25) is 0 Å². The Bertz CT molecular complexity index is 1100. The Labute approximate surface area is 191 Å². The minimum Gasteiger partial charge on any atom is -0.493 e. The highest BCUT2D eigenvalue weighted by Crippen LogP contribution is 2.37. The lowest BCUT2D eigenvalue weighted by Crippen LogP contribution is -2.06. The number of rotatable bonds is 5. The second-order valence-corrected chi connectivity index (χ2v) is 9.59.